The number of benzene rings is 1. The van der Waals surface area contributed by atoms with Crippen molar-refractivity contribution in [2.75, 3.05) is 11.4 Å². The van der Waals surface area contributed by atoms with E-state index in [0.717, 1.165) is 41.2 Å². The van der Waals surface area contributed by atoms with Crippen LogP contribution in [0.15, 0.2) is 42.6 Å². The van der Waals surface area contributed by atoms with Crippen molar-refractivity contribution in [2.24, 2.45) is 0 Å². The molecule has 0 radical (unpaired) electrons. The molecule has 1 aliphatic rings. The highest BCUT2D eigenvalue weighted by molar-refractivity contribution is 7.21. The second-order valence-electron chi connectivity index (χ2n) is 5.58. The molecule has 3 heterocycles. The molecule has 4 heteroatoms. The maximum absolute atomic E-state index is 13.1. The van der Waals surface area contributed by atoms with E-state index in [9.17, 15) is 4.79 Å². The lowest BCUT2D eigenvalue weighted by molar-refractivity contribution is 0.0988. The van der Waals surface area contributed by atoms with E-state index in [-0.39, 0.29) is 5.91 Å². The van der Waals surface area contributed by atoms with Crippen LogP contribution < -0.4 is 4.90 Å². The zero-order valence-electron chi connectivity index (χ0n) is 12.4. The molecular weight excluding hydrogens is 292 g/mol. The van der Waals surface area contributed by atoms with Crippen molar-refractivity contribution in [2.45, 2.75) is 19.8 Å². The number of thiophene rings is 1. The van der Waals surface area contributed by atoms with Gasteiger partial charge in [-0.2, -0.15) is 0 Å². The van der Waals surface area contributed by atoms with Crippen molar-refractivity contribution in [1.29, 1.82) is 0 Å². The summed E-state index contributed by atoms with van der Waals surface area (Å²) in [4.78, 5) is 20.2. The molecule has 0 fully saturated rings. The lowest BCUT2D eigenvalue weighted by atomic mass is 10.1. The summed E-state index contributed by atoms with van der Waals surface area (Å²) >= 11 is 1.59. The summed E-state index contributed by atoms with van der Waals surface area (Å²) in [6.07, 6.45) is 3.72. The first-order valence-electron chi connectivity index (χ1n) is 7.49. The number of carbonyl (C=O) groups excluding carboxylic acids is 1. The number of aryl methyl sites for hydroxylation is 2. The quantitative estimate of drug-likeness (QED) is 0.675. The maximum Gasteiger partial charge on any atom is 0.268 e. The second kappa shape index (κ2) is 5.21. The largest absolute Gasteiger partial charge is 0.306 e. The van der Waals surface area contributed by atoms with Crippen LogP contribution in [0.5, 0.6) is 0 Å². The minimum Gasteiger partial charge on any atom is -0.306 e. The molecule has 110 valence electrons. The molecule has 1 aromatic carbocycles. The van der Waals surface area contributed by atoms with E-state index < -0.39 is 0 Å². The van der Waals surface area contributed by atoms with E-state index in [1.54, 1.807) is 17.5 Å². The fourth-order valence-electron chi connectivity index (χ4n) is 3.10. The van der Waals surface area contributed by atoms with Gasteiger partial charge in [-0.05, 0) is 48.9 Å². The monoisotopic (exact) mass is 308 g/mol. The topological polar surface area (TPSA) is 33.2 Å². The van der Waals surface area contributed by atoms with Gasteiger partial charge < -0.3 is 4.90 Å². The Bertz CT molecular complexity index is 868. The molecule has 0 unspecified atom stereocenters. The van der Waals surface area contributed by atoms with E-state index in [2.05, 4.69) is 17.1 Å². The van der Waals surface area contributed by atoms with E-state index >= 15 is 0 Å². The Morgan fingerprint density at radius 3 is 2.95 bits per heavy atom. The molecule has 0 saturated heterocycles. The molecule has 22 heavy (non-hydrogen) atoms. The normalized spacial score (nSPS) is 14.1. The van der Waals surface area contributed by atoms with Crippen molar-refractivity contribution in [3.63, 3.8) is 0 Å². The lowest BCUT2D eigenvalue weighted by Crippen LogP contribution is -2.35. The van der Waals surface area contributed by atoms with Gasteiger partial charge >= 0.3 is 0 Å². The van der Waals surface area contributed by atoms with Gasteiger partial charge in [0.15, 0.2) is 0 Å². The summed E-state index contributed by atoms with van der Waals surface area (Å²) in [7, 11) is 0. The smallest absolute Gasteiger partial charge is 0.268 e. The minimum atomic E-state index is 0.104. The zero-order chi connectivity index (χ0) is 15.1. The summed E-state index contributed by atoms with van der Waals surface area (Å²) < 4.78 is 1.17. The predicted octanol–water partition coefficient (Wildman–Crippen LogP) is 4.20. The molecule has 0 aliphatic carbocycles. The Balaban J connectivity index is 1.80. The van der Waals surface area contributed by atoms with Crippen molar-refractivity contribution in [3.05, 3.63) is 58.7 Å². The van der Waals surface area contributed by atoms with Gasteiger partial charge in [-0.3, -0.25) is 9.78 Å². The first-order valence-corrected chi connectivity index (χ1v) is 8.31. The summed E-state index contributed by atoms with van der Waals surface area (Å²) in [5.41, 5.74) is 3.08. The number of nitrogens with zero attached hydrogens (tertiary/aromatic N) is 2. The Morgan fingerprint density at radius 2 is 2.09 bits per heavy atom. The number of hydrogen-bond donors (Lipinski definition) is 0. The number of aromatic nitrogens is 1. The van der Waals surface area contributed by atoms with Crippen LogP contribution in [0.3, 0.4) is 0 Å². The average Bonchev–Trinajstić information content (AvgIpc) is 2.91. The van der Waals surface area contributed by atoms with Crippen LogP contribution >= 0.6 is 11.3 Å². The molecule has 0 atom stereocenters. The van der Waals surface area contributed by atoms with Gasteiger partial charge in [0, 0.05) is 17.4 Å². The summed E-state index contributed by atoms with van der Waals surface area (Å²) in [5, 5.41) is 1.18. The summed E-state index contributed by atoms with van der Waals surface area (Å²) in [6, 6.07) is 12.1. The molecule has 0 spiro atoms. The summed E-state index contributed by atoms with van der Waals surface area (Å²) in [5.74, 6) is 0.104. The predicted molar refractivity (Wildman–Crippen MR) is 90.8 cm³/mol. The molecule has 3 nitrogen and oxygen atoms in total. The van der Waals surface area contributed by atoms with E-state index in [1.165, 1.54) is 10.1 Å². The third-order valence-electron chi connectivity index (χ3n) is 4.24. The molecule has 3 aromatic rings. The number of fused-ring (bicyclic) bond motifs is 2. The van der Waals surface area contributed by atoms with Crippen LogP contribution in [0.25, 0.3) is 10.1 Å². The number of rotatable bonds is 1. The van der Waals surface area contributed by atoms with Crippen molar-refractivity contribution in [1.82, 2.24) is 4.98 Å². The second-order valence-corrected chi connectivity index (χ2v) is 6.63. The SMILES string of the molecule is Cc1c(C(=O)N2CCCc3ncccc32)sc2ccccc12. The number of pyridine rings is 1. The third kappa shape index (κ3) is 2.03. The molecule has 0 bridgehead atoms. The Hall–Kier alpha value is -2.20. The van der Waals surface area contributed by atoms with Gasteiger partial charge in [-0.1, -0.05) is 18.2 Å². The Kier molecular flexibility index (Phi) is 3.19. The molecular formula is C18H16N2OS. The minimum absolute atomic E-state index is 0.104. The van der Waals surface area contributed by atoms with E-state index in [0.29, 0.717) is 0 Å². The van der Waals surface area contributed by atoms with Crippen molar-refractivity contribution in [3.8, 4) is 0 Å². The third-order valence-corrected chi connectivity index (χ3v) is 5.50. The standard InChI is InChI=1S/C18H16N2OS/c1-12-13-6-2-3-9-16(13)22-17(12)18(21)20-11-5-7-14-15(20)8-4-10-19-14/h2-4,6,8-10H,5,7,11H2,1H3. The highest BCUT2D eigenvalue weighted by atomic mass is 32.1. The number of amides is 1. The van der Waals surface area contributed by atoms with Gasteiger partial charge in [0.1, 0.15) is 0 Å². The Labute approximate surface area is 133 Å². The van der Waals surface area contributed by atoms with Gasteiger partial charge in [-0.25, -0.2) is 0 Å². The zero-order valence-corrected chi connectivity index (χ0v) is 13.2. The van der Waals surface area contributed by atoms with Gasteiger partial charge in [0.2, 0.25) is 0 Å². The highest BCUT2D eigenvalue weighted by Crippen LogP contribution is 2.34. The molecule has 1 aliphatic heterocycles. The van der Waals surface area contributed by atoms with E-state index in [1.807, 2.05) is 36.1 Å². The first kappa shape index (κ1) is 13.5. The number of carbonyl (C=O) groups is 1. The molecule has 4 rings (SSSR count). The summed E-state index contributed by atoms with van der Waals surface area (Å²) in [6.45, 7) is 2.81. The molecule has 1 amide bonds. The van der Waals surface area contributed by atoms with Crippen LogP contribution in [0.4, 0.5) is 5.69 Å². The number of hydrogen-bond acceptors (Lipinski definition) is 3. The maximum atomic E-state index is 13.1. The van der Waals surface area contributed by atoms with Crippen LogP contribution in [0.2, 0.25) is 0 Å². The van der Waals surface area contributed by atoms with Crippen molar-refractivity contribution >= 4 is 33.0 Å². The van der Waals surface area contributed by atoms with Gasteiger partial charge in [0.25, 0.3) is 5.91 Å². The molecule has 2 aromatic heterocycles. The molecule has 0 N–H and O–H groups in total. The number of anilines is 1. The fraction of sp³-hybridized carbons (Fsp3) is 0.222. The van der Waals surface area contributed by atoms with Crippen LogP contribution in [0, 0.1) is 6.92 Å². The fourth-order valence-corrected chi connectivity index (χ4v) is 4.26. The van der Waals surface area contributed by atoms with E-state index in [4.69, 9.17) is 0 Å². The van der Waals surface area contributed by atoms with Crippen LogP contribution in [-0.2, 0) is 6.42 Å². The van der Waals surface area contributed by atoms with Gasteiger partial charge in [0.05, 0.1) is 16.3 Å². The van der Waals surface area contributed by atoms with Crippen molar-refractivity contribution < 1.29 is 4.79 Å². The highest BCUT2D eigenvalue weighted by Gasteiger charge is 2.26. The average molecular weight is 308 g/mol. The first-order chi connectivity index (χ1) is 10.8. The van der Waals surface area contributed by atoms with Gasteiger partial charge in [-0.15, -0.1) is 11.3 Å². The van der Waals surface area contributed by atoms with Crippen LogP contribution in [-0.4, -0.2) is 17.4 Å². The molecule has 0 saturated carbocycles. The lowest BCUT2D eigenvalue weighted by Gasteiger charge is -2.28. The van der Waals surface area contributed by atoms with Crippen LogP contribution in [0.1, 0.15) is 27.3 Å². The Morgan fingerprint density at radius 1 is 1.23 bits per heavy atom.